The normalized spacial score (nSPS) is 15.1. The number of ether oxygens (including phenoxy) is 2. The summed E-state index contributed by atoms with van der Waals surface area (Å²) in [4.78, 5) is 24.3. The Morgan fingerprint density at radius 3 is 2.22 bits per heavy atom. The summed E-state index contributed by atoms with van der Waals surface area (Å²) in [6.07, 6.45) is 3.74. The van der Waals surface area contributed by atoms with Crippen molar-refractivity contribution in [1.82, 2.24) is 10.6 Å². The number of dihydropyridines is 1. The van der Waals surface area contributed by atoms with E-state index in [0.29, 0.717) is 12.3 Å². The fourth-order valence-electron chi connectivity index (χ4n) is 4.38. The molecular formula is C29H34N2O9S. The van der Waals surface area contributed by atoms with E-state index in [1.165, 1.54) is 32.0 Å². The van der Waals surface area contributed by atoms with Gasteiger partial charge in [0.05, 0.1) is 22.0 Å². The first kappa shape index (κ1) is 31.4. The number of rotatable bonds is 14. The number of aliphatic hydroxyl groups is 1. The molecule has 0 aliphatic carbocycles. The molecule has 0 saturated carbocycles. The first-order valence-electron chi connectivity index (χ1n) is 12.7. The van der Waals surface area contributed by atoms with Crippen LogP contribution in [0.3, 0.4) is 0 Å². The van der Waals surface area contributed by atoms with E-state index < -0.39 is 33.8 Å². The molecule has 1 aliphatic rings. The highest BCUT2D eigenvalue weighted by molar-refractivity contribution is 7.90. The van der Waals surface area contributed by atoms with Crippen molar-refractivity contribution in [3.8, 4) is 11.5 Å². The third-order valence-corrected chi connectivity index (χ3v) is 7.38. The first-order chi connectivity index (χ1) is 19.4. The standard InChI is InChI=1S/C29H34N2O9S/c1-18-25(28(33)34)27(26(29(35)36)19(2)31-18)23-15-22(41(3,37)38)11-12-24(23)39-14-8-7-13-30-16-20(32)17-40-21-9-5-4-6-10-21/h4-12,15,20,27,30-32H,13-14,16-17H2,1-3H3,(H,33,34)(H,35,36)/t20-/m0/s1. The zero-order valence-electron chi connectivity index (χ0n) is 23.0. The van der Waals surface area contributed by atoms with Gasteiger partial charge in [0.2, 0.25) is 0 Å². The average Bonchev–Trinajstić information content (AvgIpc) is 2.90. The van der Waals surface area contributed by atoms with Gasteiger partial charge in [0.1, 0.15) is 30.8 Å². The van der Waals surface area contributed by atoms with E-state index in [2.05, 4.69) is 10.6 Å². The Hall–Kier alpha value is -4.13. The topological polar surface area (TPSA) is 171 Å². The van der Waals surface area contributed by atoms with Crippen LogP contribution in [-0.2, 0) is 19.4 Å². The van der Waals surface area contributed by atoms with Crippen LogP contribution < -0.4 is 20.1 Å². The van der Waals surface area contributed by atoms with E-state index in [-0.39, 0.29) is 58.5 Å². The molecule has 1 atom stereocenters. The van der Waals surface area contributed by atoms with Gasteiger partial charge in [-0.15, -0.1) is 0 Å². The molecule has 0 amide bonds. The quantitative estimate of drug-likeness (QED) is 0.163. The van der Waals surface area contributed by atoms with Crippen LogP contribution >= 0.6 is 0 Å². The third-order valence-electron chi connectivity index (χ3n) is 6.27. The molecule has 1 heterocycles. The van der Waals surface area contributed by atoms with Crippen LogP contribution in [0.4, 0.5) is 0 Å². The smallest absolute Gasteiger partial charge is 0.334 e. The van der Waals surface area contributed by atoms with Crippen molar-refractivity contribution in [1.29, 1.82) is 0 Å². The van der Waals surface area contributed by atoms with E-state index in [1.807, 2.05) is 18.2 Å². The van der Waals surface area contributed by atoms with Crippen LogP contribution in [0.15, 0.2) is 88.1 Å². The number of hydrogen-bond donors (Lipinski definition) is 5. The molecule has 3 rings (SSSR count). The van der Waals surface area contributed by atoms with Gasteiger partial charge in [0.25, 0.3) is 0 Å². The molecule has 12 heteroatoms. The molecule has 2 aromatic rings. The summed E-state index contributed by atoms with van der Waals surface area (Å²) >= 11 is 0. The lowest BCUT2D eigenvalue weighted by Gasteiger charge is -2.30. The van der Waals surface area contributed by atoms with Crippen molar-refractivity contribution in [2.24, 2.45) is 0 Å². The molecule has 0 radical (unpaired) electrons. The molecule has 0 unspecified atom stereocenters. The van der Waals surface area contributed by atoms with E-state index in [0.717, 1.165) is 6.26 Å². The maximum Gasteiger partial charge on any atom is 0.334 e. The minimum absolute atomic E-state index is 0.0355. The molecule has 11 nitrogen and oxygen atoms in total. The molecule has 0 spiro atoms. The number of hydrogen-bond acceptors (Lipinski definition) is 9. The summed E-state index contributed by atoms with van der Waals surface area (Å²) in [6.45, 7) is 3.90. The Kier molecular flexibility index (Phi) is 10.7. The number of carboxylic acids is 2. The highest BCUT2D eigenvalue weighted by Crippen LogP contribution is 2.43. The van der Waals surface area contributed by atoms with Gasteiger partial charge in [-0.3, -0.25) is 0 Å². The van der Waals surface area contributed by atoms with Crippen molar-refractivity contribution in [3.63, 3.8) is 0 Å². The van der Waals surface area contributed by atoms with Crippen molar-refractivity contribution < 1.29 is 42.8 Å². The lowest BCUT2D eigenvalue weighted by Crippen LogP contribution is -2.31. The van der Waals surface area contributed by atoms with Crippen molar-refractivity contribution >= 4 is 21.8 Å². The molecule has 0 saturated heterocycles. The highest BCUT2D eigenvalue weighted by Gasteiger charge is 2.38. The minimum Gasteiger partial charge on any atom is -0.491 e. The number of benzene rings is 2. The minimum atomic E-state index is -3.70. The largest absolute Gasteiger partial charge is 0.491 e. The molecule has 2 aromatic carbocycles. The van der Waals surface area contributed by atoms with Crippen LogP contribution in [-0.4, -0.2) is 74.3 Å². The highest BCUT2D eigenvalue weighted by atomic mass is 32.2. The number of para-hydroxylation sites is 1. The summed E-state index contributed by atoms with van der Waals surface area (Å²) in [6, 6.07) is 13.1. The SMILES string of the molecule is CC1=C(C(=O)O)C(c2cc(S(C)(=O)=O)ccc2OCC=CCNC[C@H](O)COc2ccccc2)C(C(=O)O)=C(C)N1. The lowest BCUT2D eigenvalue weighted by molar-refractivity contribution is -0.133. The van der Waals surface area contributed by atoms with E-state index in [1.54, 1.807) is 24.3 Å². The predicted octanol–water partition coefficient (Wildman–Crippen LogP) is 2.46. The summed E-state index contributed by atoms with van der Waals surface area (Å²) in [5.74, 6) is -3.16. The van der Waals surface area contributed by atoms with Gasteiger partial charge in [0.15, 0.2) is 9.84 Å². The second-order valence-corrected chi connectivity index (χ2v) is 11.5. The lowest BCUT2D eigenvalue weighted by atomic mass is 9.80. The first-order valence-corrected chi connectivity index (χ1v) is 14.6. The summed E-state index contributed by atoms with van der Waals surface area (Å²) in [5, 5.41) is 35.9. The maximum atomic E-state index is 12.3. The summed E-state index contributed by atoms with van der Waals surface area (Å²) in [7, 11) is -3.70. The van der Waals surface area contributed by atoms with Crippen molar-refractivity contribution in [2.45, 2.75) is 30.8 Å². The second-order valence-electron chi connectivity index (χ2n) is 9.44. The van der Waals surface area contributed by atoms with Gasteiger partial charge in [0, 0.05) is 36.3 Å². The number of carbonyl (C=O) groups is 2. The molecule has 0 bridgehead atoms. The Labute approximate surface area is 238 Å². The zero-order chi connectivity index (χ0) is 30.2. The van der Waals surface area contributed by atoms with E-state index >= 15 is 0 Å². The molecular weight excluding hydrogens is 552 g/mol. The van der Waals surface area contributed by atoms with Gasteiger partial charge >= 0.3 is 11.9 Å². The number of carboxylic acid groups (broad SMARTS) is 2. The van der Waals surface area contributed by atoms with Crippen molar-refractivity contribution in [3.05, 3.63) is 88.8 Å². The van der Waals surface area contributed by atoms with Crippen LogP contribution in [0.25, 0.3) is 0 Å². The third kappa shape index (κ3) is 8.43. The van der Waals surface area contributed by atoms with Crippen molar-refractivity contribution in [2.75, 3.05) is 32.6 Å². The van der Waals surface area contributed by atoms with Gasteiger partial charge in [-0.1, -0.05) is 30.4 Å². The van der Waals surface area contributed by atoms with Gasteiger partial charge in [-0.05, 0) is 44.2 Å². The fourth-order valence-corrected chi connectivity index (χ4v) is 5.03. The predicted molar refractivity (Wildman–Crippen MR) is 152 cm³/mol. The maximum absolute atomic E-state index is 12.3. The molecule has 0 aromatic heterocycles. The number of nitrogens with one attached hydrogen (secondary N) is 2. The van der Waals surface area contributed by atoms with Gasteiger partial charge in [-0.2, -0.15) is 0 Å². The van der Waals surface area contributed by atoms with Gasteiger partial charge < -0.3 is 35.4 Å². The van der Waals surface area contributed by atoms with Crippen LogP contribution in [0.5, 0.6) is 11.5 Å². The molecule has 1 aliphatic heterocycles. The average molecular weight is 587 g/mol. The zero-order valence-corrected chi connectivity index (χ0v) is 23.8. The van der Waals surface area contributed by atoms with E-state index in [4.69, 9.17) is 9.47 Å². The Morgan fingerprint density at radius 1 is 1.00 bits per heavy atom. The van der Waals surface area contributed by atoms with Gasteiger partial charge in [-0.25, -0.2) is 18.0 Å². The van der Waals surface area contributed by atoms with Crippen LogP contribution in [0, 0.1) is 0 Å². The summed E-state index contributed by atoms with van der Waals surface area (Å²) in [5.41, 5.74) is 0.137. The number of allylic oxidation sites excluding steroid dienone is 2. The Balaban J connectivity index is 1.72. The number of aliphatic hydroxyl groups excluding tert-OH is 1. The number of aliphatic carboxylic acids is 2. The van der Waals surface area contributed by atoms with Crippen LogP contribution in [0.2, 0.25) is 0 Å². The fraction of sp³-hybridized carbons (Fsp3) is 0.310. The number of sulfone groups is 1. The van der Waals surface area contributed by atoms with Crippen LogP contribution in [0.1, 0.15) is 25.3 Å². The Bertz CT molecular complexity index is 1430. The second kappa shape index (κ2) is 14.0. The summed E-state index contributed by atoms with van der Waals surface area (Å²) < 4.78 is 36.0. The molecule has 0 fully saturated rings. The Morgan fingerprint density at radius 2 is 1.63 bits per heavy atom. The molecule has 220 valence electrons. The monoisotopic (exact) mass is 586 g/mol. The molecule has 5 N–H and O–H groups in total. The molecule has 41 heavy (non-hydrogen) atoms. The van der Waals surface area contributed by atoms with E-state index in [9.17, 15) is 33.3 Å².